The second kappa shape index (κ2) is 10.4. The summed E-state index contributed by atoms with van der Waals surface area (Å²) in [4.78, 5) is 35.2. The van der Waals surface area contributed by atoms with Gasteiger partial charge in [-0.05, 0) is 30.3 Å². The van der Waals surface area contributed by atoms with Crippen molar-refractivity contribution in [2.24, 2.45) is 0 Å². The van der Waals surface area contributed by atoms with Gasteiger partial charge in [0.05, 0.1) is 14.2 Å². The average Bonchev–Trinajstić information content (AvgIpc) is 2.74. The van der Waals surface area contributed by atoms with Crippen LogP contribution in [0, 0.1) is 0 Å². The summed E-state index contributed by atoms with van der Waals surface area (Å²) in [6, 6.07) is 13.5. The van der Waals surface area contributed by atoms with Crippen LogP contribution in [0.4, 0.5) is 0 Å². The molecule has 0 unspecified atom stereocenters. The summed E-state index contributed by atoms with van der Waals surface area (Å²) in [6.07, 6.45) is 2.66. The van der Waals surface area contributed by atoms with E-state index in [-0.39, 0.29) is 0 Å². The molecule has 0 saturated heterocycles. The van der Waals surface area contributed by atoms with E-state index in [4.69, 9.17) is 14.2 Å². The highest BCUT2D eigenvalue weighted by Crippen LogP contribution is 2.25. The van der Waals surface area contributed by atoms with E-state index in [1.807, 2.05) is 0 Å². The molecule has 2 rings (SSSR count). The average molecular weight is 384 g/mol. The molecule has 2 aromatic rings. The monoisotopic (exact) mass is 384 g/mol. The van der Waals surface area contributed by atoms with Gasteiger partial charge in [0.1, 0.15) is 11.5 Å². The Morgan fingerprint density at radius 3 is 2.39 bits per heavy atom. The van der Waals surface area contributed by atoms with Crippen molar-refractivity contribution in [3.8, 4) is 11.5 Å². The van der Waals surface area contributed by atoms with Crippen molar-refractivity contribution in [1.29, 1.82) is 0 Å². The number of hydrogen-bond acceptors (Lipinski definition) is 6. The molecule has 0 fully saturated rings. The van der Waals surface area contributed by atoms with Crippen LogP contribution in [0.25, 0.3) is 6.08 Å². The number of esters is 1. The zero-order chi connectivity index (χ0) is 20.4. The van der Waals surface area contributed by atoms with Crippen LogP contribution in [0.2, 0.25) is 0 Å². The summed E-state index contributed by atoms with van der Waals surface area (Å²) in [5.74, 6) is -0.738. The number of methoxy groups -OCH3 is 2. The van der Waals surface area contributed by atoms with Gasteiger partial charge in [0, 0.05) is 23.3 Å². The van der Waals surface area contributed by atoms with Crippen LogP contribution >= 0.6 is 0 Å². The van der Waals surface area contributed by atoms with Gasteiger partial charge in [0.15, 0.2) is 6.61 Å². The Bertz CT molecular complexity index is 864. The van der Waals surface area contributed by atoms with E-state index in [0.29, 0.717) is 22.6 Å². The van der Waals surface area contributed by atoms with Gasteiger partial charge in [-0.2, -0.15) is 0 Å². The SMILES string of the molecule is COc1ccc(/C=C/C(=O)OCC(=O)NNC(=O)c2ccccc2)c(OC)c1. The van der Waals surface area contributed by atoms with Gasteiger partial charge in [-0.3, -0.25) is 20.4 Å². The Kier molecular flexibility index (Phi) is 7.59. The standard InChI is InChI=1S/C20H20N2O6/c1-26-16-10-8-14(17(12-16)27-2)9-11-19(24)28-13-18(23)21-22-20(25)15-6-4-3-5-7-15/h3-12H,13H2,1-2H3,(H,21,23)(H,22,25)/b11-9+. The number of carbonyl (C=O) groups excluding carboxylic acids is 3. The van der Waals surface area contributed by atoms with Crippen molar-refractivity contribution in [2.45, 2.75) is 0 Å². The van der Waals surface area contributed by atoms with E-state index in [1.165, 1.54) is 26.4 Å². The van der Waals surface area contributed by atoms with Crippen molar-refractivity contribution in [2.75, 3.05) is 20.8 Å². The third kappa shape index (κ3) is 6.17. The zero-order valence-electron chi connectivity index (χ0n) is 15.4. The summed E-state index contributed by atoms with van der Waals surface area (Å²) < 4.78 is 15.1. The van der Waals surface area contributed by atoms with Gasteiger partial charge in [-0.25, -0.2) is 4.79 Å². The molecule has 0 spiro atoms. The molecule has 0 aliphatic heterocycles. The van der Waals surface area contributed by atoms with E-state index < -0.39 is 24.4 Å². The van der Waals surface area contributed by atoms with Crippen LogP contribution in [0.5, 0.6) is 11.5 Å². The number of hydrogen-bond donors (Lipinski definition) is 2. The fourth-order valence-corrected chi connectivity index (χ4v) is 2.12. The van der Waals surface area contributed by atoms with Gasteiger partial charge in [0.25, 0.3) is 11.8 Å². The molecule has 0 aromatic heterocycles. The van der Waals surface area contributed by atoms with Crippen molar-refractivity contribution >= 4 is 23.9 Å². The molecule has 2 aromatic carbocycles. The van der Waals surface area contributed by atoms with E-state index in [0.717, 1.165) is 0 Å². The predicted octanol–water partition coefficient (Wildman–Crippen LogP) is 1.72. The third-order valence-electron chi connectivity index (χ3n) is 3.54. The van der Waals surface area contributed by atoms with Crippen molar-refractivity contribution in [3.63, 3.8) is 0 Å². The fourth-order valence-electron chi connectivity index (χ4n) is 2.12. The number of amides is 2. The first-order valence-electron chi connectivity index (χ1n) is 8.24. The maximum absolute atomic E-state index is 11.8. The molecular formula is C20H20N2O6. The van der Waals surface area contributed by atoms with Crippen LogP contribution in [-0.2, 0) is 14.3 Å². The summed E-state index contributed by atoms with van der Waals surface area (Å²) in [5.41, 5.74) is 5.42. The van der Waals surface area contributed by atoms with Crippen molar-refractivity contribution in [1.82, 2.24) is 10.9 Å². The minimum Gasteiger partial charge on any atom is -0.497 e. The van der Waals surface area contributed by atoms with Gasteiger partial charge >= 0.3 is 5.97 Å². The van der Waals surface area contributed by atoms with E-state index in [2.05, 4.69) is 10.9 Å². The molecule has 8 nitrogen and oxygen atoms in total. The van der Waals surface area contributed by atoms with Gasteiger partial charge < -0.3 is 14.2 Å². The van der Waals surface area contributed by atoms with Crippen molar-refractivity contribution in [3.05, 3.63) is 65.7 Å². The van der Waals surface area contributed by atoms with E-state index in [1.54, 1.807) is 48.5 Å². The fraction of sp³-hybridized carbons (Fsp3) is 0.150. The molecule has 28 heavy (non-hydrogen) atoms. The molecule has 2 N–H and O–H groups in total. The van der Waals surface area contributed by atoms with Gasteiger partial charge in [-0.1, -0.05) is 18.2 Å². The molecule has 0 heterocycles. The molecule has 0 aliphatic carbocycles. The smallest absolute Gasteiger partial charge is 0.331 e. The number of ether oxygens (including phenoxy) is 3. The Labute approximate surface area is 162 Å². The van der Waals surface area contributed by atoms with Gasteiger partial charge in [-0.15, -0.1) is 0 Å². The van der Waals surface area contributed by atoms with Crippen LogP contribution in [0.3, 0.4) is 0 Å². The highest BCUT2D eigenvalue weighted by atomic mass is 16.5. The van der Waals surface area contributed by atoms with E-state index in [9.17, 15) is 14.4 Å². The molecule has 0 saturated carbocycles. The Morgan fingerprint density at radius 1 is 0.964 bits per heavy atom. The molecule has 8 heteroatoms. The van der Waals surface area contributed by atoms with Crippen molar-refractivity contribution < 1.29 is 28.6 Å². The lowest BCUT2D eigenvalue weighted by Gasteiger charge is -2.08. The summed E-state index contributed by atoms with van der Waals surface area (Å²) in [5, 5.41) is 0. The first-order valence-corrected chi connectivity index (χ1v) is 8.24. The minimum atomic E-state index is -0.720. The zero-order valence-corrected chi connectivity index (χ0v) is 15.4. The topological polar surface area (TPSA) is 103 Å². The minimum absolute atomic E-state index is 0.385. The predicted molar refractivity (Wildman–Crippen MR) is 102 cm³/mol. The molecular weight excluding hydrogens is 364 g/mol. The first kappa shape index (κ1) is 20.5. The number of benzene rings is 2. The second-order valence-electron chi connectivity index (χ2n) is 5.42. The summed E-state index contributed by atoms with van der Waals surface area (Å²) in [7, 11) is 3.04. The quantitative estimate of drug-likeness (QED) is 0.428. The lowest BCUT2D eigenvalue weighted by molar-refractivity contribution is -0.144. The first-order chi connectivity index (χ1) is 13.5. The highest BCUT2D eigenvalue weighted by Gasteiger charge is 2.09. The van der Waals surface area contributed by atoms with Gasteiger partial charge in [0.2, 0.25) is 0 Å². The number of carbonyl (C=O) groups is 3. The lowest BCUT2D eigenvalue weighted by Crippen LogP contribution is -2.43. The van der Waals surface area contributed by atoms with Crippen LogP contribution in [-0.4, -0.2) is 38.6 Å². The van der Waals surface area contributed by atoms with Crippen LogP contribution in [0.15, 0.2) is 54.6 Å². The Hall–Kier alpha value is -3.81. The Balaban J connectivity index is 1.79. The number of hydrazine groups is 1. The number of rotatable bonds is 7. The maximum atomic E-state index is 11.8. The molecule has 146 valence electrons. The molecule has 0 bridgehead atoms. The second-order valence-corrected chi connectivity index (χ2v) is 5.42. The molecule has 0 aliphatic rings. The largest absolute Gasteiger partial charge is 0.497 e. The third-order valence-corrected chi connectivity index (χ3v) is 3.54. The maximum Gasteiger partial charge on any atom is 0.331 e. The number of nitrogens with one attached hydrogen (secondary N) is 2. The van der Waals surface area contributed by atoms with Crippen LogP contribution < -0.4 is 20.3 Å². The summed E-state index contributed by atoms with van der Waals surface area (Å²) >= 11 is 0. The van der Waals surface area contributed by atoms with Crippen LogP contribution in [0.1, 0.15) is 15.9 Å². The Morgan fingerprint density at radius 2 is 1.71 bits per heavy atom. The summed E-state index contributed by atoms with van der Waals surface area (Å²) in [6.45, 7) is -0.544. The lowest BCUT2D eigenvalue weighted by atomic mass is 10.2. The highest BCUT2D eigenvalue weighted by molar-refractivity contribution is 5.95. The normalized spacial score (nSPS) is 10.2. The molecule has 2 amide bonds. The molecule has 0 atom stereocenters. The van der Waals surface area contributed by atoms with E-state index >= 15 is 0 Å². The molecule has 0 radical (unpaired) electrons.